The lowest BCUT2D eigenvalue weighted by atomic mass is 10.0. The molecule has 0 bridgehead atoms. The van der Waals surface area contributed by atoms with Gasteiger partial charge >= 0.3 is 0 Å². The second-order valence-electron chi connectivity index (χ2n) is 6.83. The van der Waals surface area contributed by atoms with E-state index in [0.717, 1.165) is 30.1 Å². The van der Waals surface area contributed by atoms with Crippen LogP contribution in [-0.4, -0.2) is 33.7 Å². The van der Waals surface area contributed by atoms with Crippen molar-refractivity contribution in [2.75, 3.05) is 19.5 Å². The standard InChI is InChI=1S/C20H22ClN5O2/c1-26-7-6-22-20(26)18(13-8-14(27-2)10-15(9-13)28-3)24-17-11-16(21)23-19(25-17)12-4-5-12/h6-12,18H,4-5H2,1-3H3,(H,23,24,25). The Morgan fingerprint density at radius 1 is 1.11 bits per heavy atom. The van der Waals surface area contributed by atoms with E-state index in [1.54, 1.807) is 26.5 Å². The minimum absolute atomic E-state index is 0.276. The van der Waals surface area contributed by atoms with Gasteiger partial charge in [-0.3, -0.25) is 0 Å². The lowest BCUT2D eigenvalue weighted by Gasteiger charge is -2.21. The molecule has 0 amide bonds. The first-order valence-corrected chi connectivity index (χ1v) is 9.46. The highest BCUT2D eigenvalue weighted by Gasteiger charge is 2.28. The molecular formula is C20H22ClN5O2. The Hall–Kier alpha value is -2.80. The van der Waals surface area contributed by atoms with Gasteiger partial charge in [0.1, 0.15) is 40.2 Å². The SMILES string of the molecule is COc1cc(OC)cc(C(Nc2cc(Cl)nc(C3CC3)n2)c2nccn2C)c1. The van der Waals surface area contributed by atoms with Gasteiger partial charge in [-0.1, -0.05) is 11.6 Å². The smallest absolute Gasteiger partial charge is 0.135 e. The summed E-state index contributed by atoms with van der Waals surface area (Å²) >= 11 is 6.25. The van der Waals surface area contributed by atoms with Crippen LogP contribution >= 0.6 is 11.6 Å². The largest absolute Gasteiger partial charge is 0.497 e. The van der Waals surface area contributed by atoms with E-state index in [1.165, 1.54) is 0 Å². The first kappa shape index (κ1) is 18.6. The molecule has 1 unspecified atom stereocenters. The molecule has 0 radical (unpaired) electrons. The zero-order valence-corrected chi connectivity index (χ0v) is 16.8. The first-order valence-electron chi connectivity index (χ1n) is 9.08. The molecule has 1 aliphatic rings. The Morgan fingerprint density at radius 2 is 1.82 bits per heavy atom. The van der Waals surface area contributed by atoms with Crippen LogP contribution in [0.1, 0.15) is 42.0 Å². The summed E-state index contributed by atoms with van der Waals surface area (Å²) in [5.74, 6) is 4.10. The molecule has 1 N–H and O–H groups in total. The lowest BCUT2D eigenvalue weighted by molar-refractivity contribution is 0.393. The second kappa shape index (κ2) is 7.67. The average molecular weight is 400 g/mol. The monoisotopic (exact) mass is 399 g/mol. The Kier molecular flexibility index (Phi) is 5.09. The highest BCUT2D eigenvalue weighted by Crippen LogP contribution is 2.39. The van der Waals surface area contributed by atoms with Crippen LogP contribution in [-0.2, 0) is 7.05 Å². The van der Waals surface area contributed by atoms with Gasteiger partial charge in [0.05, 0.1) is 14.2 Å². The minimum atomic E-state index is -0.276. The summed E-state index contributed by atoms with van der Waals surface area (Å²) < 4.78 is 12.8. The molecule has 1 aliphatic carbocycles. The van der Waals surface area contributed by atoms with E-state index in [2.05, 4.69) is 20.3 Å². The Morgan fingerprint density at radius 3 is 2.39 bits per heavy atom. The number of nitrogens with one attached hydrogen (secondary N) is 1. The summed E-state index contributed by atoms with van der Waals surface area (Å²) in [6.07, 6.45) is 5.89. The molecule has 4 rings (SSSR count). The molecule has 8 heteroatoms. The topological polar surface area (TPSA) is 74.1 Å². The molecule has 2 heterocycles. The van der Waals surface area contributed by atoms with Crippen LogP contribution in [0.5, 0.6) is 11.5 Å². The van der Waals surface area contributed by atoms with Crippen molar-refractivity contribution in [3.8, 4) is 11.5 Å². The van der Waals surface area contributed by atoms with Crippen molar-refractivity contribution < 1.29 is 9.47 Å². The third-order valence-electron chi connectivity index (χ3n) is 4.77. The number of ether oxygens (including phenoxy) is 2. The quantitative estimate of drug-likeness (QED) is 0.606. The van der Waals surface area contributed by atoms with E-state index in [1.807, 2.05) is 36.0 Å². The van der Waals surface area contributed by atoms with Crippen molar-refractivity contribution in [3.05, 3.63) is 59.0 Å². The lowest BCUT2D eigenvalue weighted by Crippen LogP contribution is -2.18. The van der Waals surface area contributed by atoms with Gasteiger partial charge in [-0.05, 0) is 30.5 Å². The zero-order valence-electron chi connectivity index (χ0n) is 16.0. The first-order chi connectivity index (χ1) is 13.6. The number of aryl methyl sites for hydroxylation is 1. The number of aromatic nitrogens is 4. The van der Waals surface area contributed by atoms with Gasteiger partial charge in [0, 0.05) is 37.5 Å². The van der Waals surface area contributed by atoms with E-state index in [-0.39, 0.29) is 6.04 Å². The van der Waals surface area contributed by atoms with E-state index in [4.69, 9.17) is 21.1 Å². The van der Waals surface area contributed by atoms with Gasteiger partial charge in [0.25, 0.3) is 0 Å². The number of imidazole rings is 1. The van der Waals surface area contributed by atoms with Crippen molar-refractivity contribution in [2.24, 2.45) is 7.05 Å². The van der Waals surface area contributed by atoms with Crippen LogP contribution in [0, 0.1) is 0 Å². The normalized spacial score (nSPS) is 14.6. The van der Waals surface area contributed by atoms with Gasteiger partial charge in [-0.2, -0.15) is 0 Å². The predicted octanol–water partition coefficient (Wildman–Crippen LogP) is 3.96. The van der Waals surface area contributed by atoms with Crippen LogP contribution < -0.4 is 14.8 Å². The fourth-order valence-electron chi connectivity index (χ4n) is 3.13. The average Bonchev–Trinajstić information content (AvgIpc) is 3.47. The summed E-state index contributed by atoms with van der Waals surface area (Å²) in [4.78, 5) is 13.6. The van der Waals surface area contributed by atoms with Crippen molar-refractivity contribution >= 4 is 17.4 Å². The number of hydrogen-bond donors (Lipinski definition) is 1. The molecule has 0 saturated heterocycles. The zero-order chi connectivity index (χ0) is 19.7. The predicted molar refractivity (Wildman–Crippen MR) is 107 cm³/mol. The minimum Gasteiger partial charge on any atom is -0.497 e. The molecule has 1 aromatic carbocycles. The Labute approximate surface area is 168 Å². The van der Waals surface area contributed by atoms with Crippen LogP contribution in [0.15, 0.2) is 36.7 Å². The van der Waals surface area contributed by atoms with Gasteiger partial charge in [0.15, 0.2) is 0 Å². The third kappa shape index (κ3) is 3.89. The van der Waals surface area contributed by atoms with E-state index in [9.17, 15) is 0 Å². The molecule has 146 valence electrons. The van der Waals surface area contributed by atoms with E-state index >= 15 is 0 Å². The van der Waals surface area contributed by atoms with Crippen molar-refractivity contribution in [1.29, 1.82) is 0 Å². The molecule has 7 nitrogen and oxygen atoms in total. The molecule has 0 aliphatic heterocycles. The number of halogens is 1. The maximum atomic E-state index is 6.25. The summed E-state index contributed by atoms with van der Waals surface area (Å²) in [7, 11) is 5.22. The molecular weight excluding hydrogens is 378 g/mol. The van der Waals surface area contributed by atoms with Gasteiger partial charge in [-0.15, -0.1) is 0 Å². The fourth-order valence-corrected chi connectivity index (χ4v) is 3.32. The van der Waals surface area contributed by atoms with Crippen molar-refractivity contribution in [1.82, 2.24) is 19.5 Å². The summed E-state index contributed by atoms with van der Waals surface area (Å²) in [6.45, 7) is 0. The van der Waals surface area contributed by atoms with E-state index < -0.39 is 0 Å². The van der Waals surface area contributed by atoms with Gasteiger partial charge in [0.2, 0.25) is 0 Å². The number of nitrogens with zero attached hydrogens (tertiary/aromatic N) is 4. The maximum Gasteiger partial charge on any atom is 0.135 e. The Balaban J connectivity index is 1.76. The molecule has 3 aromatic rings. The van der Waals surface area contributed by atoms with E-state index in [0.29, 0.717) is 28.4 Å². The summed E-state index contributed by atoms with van der Waals surface area (Å²) in [5.41, 5.74) is 0.938. The second-order valence-corrected chi connectivity index (χ2v) is 7.22. The number of hydrogen-bond acceptors (Lipinski definition) is 6. The van der Waals surface area contributed by atoms with Crippen molar-refractivity contribution in [2.45, 2.75) is 24.8 Å². The Bertz CT molecular complexity index is 964. The molecule has 2 aromatic heterocycles. The molecule has 28 heavy (non-hydrogen) atoms. The number of rotatable bonds is 7. The van der Waals surface area contributed by atoms with Crippen LogP contribution in [0.25, 0.3) is 0 Å². The van der Waals surface area contributed by atoms with Crippen molar-refractivity contribution in [3.63, 3.8) is 0 Å². The summed E-state index contributed by atoms with van der Waals surface area (Å²) in [6, 6.07) is 7.22. The number of anilines is 1. The molecule has 1 atom stereocenters. The van der Waals surface area contributed by atoms with Gasteiger partial charge < -0.3 is 19.4 Å². The third-order valence-corrected chi connectivity index (χ3v) is 4.96. The van der Waals surface area contributed by atoms with Crippen LogP contribution in [0.3, 0.4) is 0 Å². The van der Waals surface area contributed by atoms with Crippen LogP contribution in [0.4, 0.5) is 5.82 Å². The number of methoxy groups -OCH3 is 2. The fraction of sp³-hybridized carbons (Fsp3) is 0.350. The molecule has 1 saturated carbocycles. The maximum absolute atomic E-state index is 6.25. The number of benzene rings is 1. The summed E-state index contributed by atoms with van der Waals surface area (Å²) in [5, 5.41) is 3.91. The molecule has 0 spiro atoms. The van der Waals surface area contributed by atoms with Gasteiger partial charge in [-0.25, -0.2) is 15.0 Å². The molecule has 1 fully saturated rings. The van der Waals surface area contributed by atoms with Crippen LogP contribution in [0.2, 0.25) is 5.15 Å². The highest BCUT2D eigenvalue weighted by atomic mass is 35.5. The highest BCUT2D eigenvalue weighted by molar-refractivity contribution is 6.29.